The molecule has 2 heterocycles. The summed E-state index contributed by atoms with van der Waals surface area (Å²) in [5.41, 5.74) is 1.01. The molecule has 1 atom stereocenters. The second kappa shape index (κ2) is 10.6. The largest absolute Gasteiger partial charge is 0.486 e. The zero-order chi connectivity index (χ0) is 16.8. The summed E-state index contributed by atoms with van der Waals surface area (Å²) in [4.78, 5) is 4.66. The van der Waals surface area contributed by atoms with Gasteiger partial charge in [-0.3, -0.25) is 0 Å². The summed E-state index contributed by atoms with van der Waals surface area (Å²) >= 11 is 8.32. The Kier molecular flexibility index (Phi) is 8.78. The summed E-state index contributed by atoms with van der Waals surface area (Å²) in [5, 5.41) is 8.01. The second-order valence-electron chi connectivity index (χ2n) is 5.81. The van der Waals surface area contributed by atoms with Crippen LogP contribution in [0.15, 0.2) is 17.1 Å². The first-order valence-electron chi connectivity index (χ1n) is 8.48. The normalized spacial score (nSPS) is 19.3. The molecule has 0 amide bonds. The van der Waals surface area contributed by atoms with E-state index in [0.717, 1.165) is 24.6 Å². The van der Waals surface area contributed by atoms with Crippen LogP contribution in [0.4, 0.5) is 0 Å². The third-order valence-electron chi connectivity index (χ3n) is 3.94. The van der Waals surface area contributed by atoms with Crippen molar-refractivity contribution in [2.24, 2.45) is 4.99 Å². The maximum Gasteiger partial charge on any atom is 0.191 e. The highest BCUT2D eigenvalue weighted by Gasteiger charge is 2.17. The summed E-state index contributed by atoms with van der Waals surface area (Å²) in [5.74, 6) is 3.46. The van der Waals surface area contributed by atoms with Crippen molar-refractivity contribution in [1.82, 2.24) is 10.6 Å². The third kappa shape index (κ3) is 5.99. The number of hydrogen-bond acceptors (Lipinski definition) is 4. The van der Waals surface area contributed by atoms with Crippen molar-refractivity contribution in [3.05, 3.63) is 22.7 Å². The van der Waals surface area contributed by atoms with Crippen molar-refractivity contribution in [3.63, 3.8) is 0 Å². The van der Waals surface area contributed by atoms with Crippen LogP contribution >= 0.6 is 47.3 Å². The molecule has 1 saturated heterocycles. The van der Waals surface area contributed by atoms with Gasteiger partial charge in [0.1, 0.15) is 13.2 Å². The van der Waals surface area contributed by atoms with Gasteiger partial charge in [-0.05, 0) is 43.2 Å². The molecule has 1 unspecified atom stereocenters. The molecule has 0 bridgehead atoms. The molecule has 0 spiro atoms. The van der Waals surface area contributed by atoms with E-state index >= 15 is 0 Å². The summed E-state index contributed by atoms with van der Waals surface area (Å²) in [6.45, 7) is 5.51. The van der Waals surface area contributed by atoms with Crippen molar-refractivity contribution in [2.45, 2.75) is 31.6 Å². The minimum Gasteiger partial charge on any atom is -0.486 e. The molecule has 140 valence electrons. The molecule has 0 aromatic heterocycles. The van der Waals surface area contributed by atoms with Crippen LogP contribution in [0.25, 0.3) is 0 Å². The van der Waals surface area contributed by atoms with E-state index in [2.05, 4.69) is 22.5 Å². The number of aliphatic imine (C=N–C) groups is 1. The van der Waals surface area contributed by atoms with Crippen LogP contribution in [-0.4, -0.2) is 43.3 Å². The molecular formula is C17H25ClIN3O2S. The average Bonchev–Trinajstić information content (AvgIpc) is 3.11. The molecule has 1 fully saturated rings. The van der Waals surface area contributed by atoms with Gasteiger partial charge in [-0.2, -0.15) is 11.8 Å². The number of benzene rings is 1. The Bertz CT molecular complexity index is 598. The predicted octanol–water partition coefficient (Wildman–Crippen LogP) is 3.68. The first kappa shape index (κ1) is 20.8. The van der Waals surface area contributed by atoms with Crippen LogP contribution in [0, 0.1) is 0 Å². The zero-order valence-electron chi connectivity index (χ0n) is 14.3. The van der Waals surface area contributed by atoms with Gasteiger partial charge in [-0.1, -0.05) is 11.6 Å². The number of thioether (sulfide) groups is 1. The molecule has 0 aliphatic carbocycles. The van der Waals surface area contributed by atoms with E-state index in [0.29, 0.717) is 41.5 Å². The monoisotopic (exact) mass is 497 g/mol. The SMILES string of the molecule is CCNC(=NCc1cc(Cl)c2c(c1)OCCO2)NCC1CCCS1.I. The second-order valence-corrected chi connectivity index (χ2v) is 7.63. The molecule has 2 N–H and O–H groups in total. The number of fused-ring (bicyclic) bond motifs is 1. The highest BCUT2D eigenvalue weighted by Crippen LogP contribution is 2.38. The first-order valence-corrected chi connectivity index (χ1v) is 9.90. The number of guanidine groups is 1. The lowest BCUT2D eigenvalue weighted by atomic mass is 10.2. The van der Waals surface area contributed by atoms with Gasteiger partial charge in [0.05, 0.1) is 11.6 Å². The maximum absolute atomic E-state index is 6.28. The molecular weight excluding hydrogens is 473 g/mol. The summed E-state index contributed by atoms with van der Waals surface area (Å²) in [7, 11) is 0. The Hall–Kier alpha value is -0.540. The molecule has 2 aliphatic rings. The minimum absolute atomic E-state index is 0. The fourth-order valence-corrected chi connectivity index (χ4v) is 4.27. The van der Waals surface area contributed by atoms with E-state index < -0.39 is 0 Å². The van der Waals surface area contributed by atoms with Gasteiger partial charge in [0.2, 0.25) is 0 Å². The quantitative estimate of drug-likeness (QED) is 0.369. The standard InChI is InChI=1S/C17H24ClN3O2S.HI/c1-2-19-17(21-11-13-4-3-7-24-13)20-10-12-8-14(18)16-15(9-12)22-5-6-23-16;/h8-9,13H,2-7,10-11H2,1H3,(H2,19,20,21);1H. The van der Waals surface area contributed by atoms with Gasteiger partial charge < -0.3 is 20.1 Å². The summed E-state index contributed by atoms with van der Waals surface area (Å²) < 4.78 is 11.2. The predicted molar refractivity (Wildman–Crippen MR) is 116 cm³/mol. The maximum atomic E-state index is 6.28. The molecule has 0 radical (unpaired) electrons. The van der Waals surface area contributed by atoms with E-state index in [-0.39, 0.29) is 24.0 Å². The topological polar surface area (TPSA) is 54.9 Å². The van der Waals surface area contributed by atoms with Gasteiger partial charge in [-0.15, -0.1) is 24.0 Å². The molecule has 8 heteroatoms. The fourth-order valence-electron chi connectivity index (χ4n) is 2.78. The Morgan fingerprint density at radius 1 is 1.32 bits per heavy atom. The zero-order valence-corrected chi connectivity index (χ0v) is 18.2. The summed E-state index contributed by atoms with van der Waals surface area (Å²) in [6.07, 6.45) is 2.61. The molecule has 1 aromatic rings. The van der Waals surface area contributed by atoms with Crippen molar-refractivity contribution >= 4 is 53.3 Å². The third-order valence-corrected chi connectivity index (χ3v) is 5.62. The van der Waals surface area contributed by atoms with Crippen molar-refractivity contribution in [2.75, 3.05) is 32.1 Å². The van der Waals surface area contributed by atoms with Crippen molar-refractivity contribution in [3.8, 4) is 11.5 Å². The molecule has 3 rings (SSSR count). The van der Waals surface area contributed by atoms with E-state index in [9.17, 15) is 0 Å². The first-order chi connectivity index (χ1) is 11.8. The van der Waals surface area contributed by atoms with Crippen molar-refractivity contribution in [1.29, 1.82) is 0 Å². The number of rotatable bonds is 5. The number of nitrogens with zero attached hydrogens (tertiary/aromatic N) is 1. The van der Waals surface area contributed by atoms with Crippen molar-refractivity contribution < 1.29 is 9.47 Å². The number of hydrogen-bond donors (Lipinski definition) is 2. The van der Waals surface area contributed by atoms with Gasteiger partial charge in [0.15, 0.2) is 17.5 Å². The van der Waals surface area contributed by atoms with Crippen LogP contribution in [-0.2, 0) is 6.54 Å². The van der Waals surface area contributed by atoms with Crippen LogP contribution in [0.1, 0.15) is 25.3 Å². The summed E-state index contributed by atoms with van der Waals surface area (Å²) in [6, 6.07) is 3.86. The lowest BCUT2D eigenvalue weighted by Crippen LogP contribution is -2.40. The molecule has 25 heavy (non-hydrogen) atoms. The highest BCUT2D eigenvalue weighted by molar-refractivity contribution is 14.0. The minimum atomic E-state index is 0. The Balaban J connectivity index is 0.00000225. The Morgan fingerprint density at radius 2 is 2.16 bits per heavy atom. The number of nitrogens with one attached hydrogen (secondary N) is 2. The lowest BCUT2D eigenvalue weighted by molar-refractivity contribution is 0.171. The van der Waals surface area contributed by atoms with Crippen LogP contribution in [0.3, 0.4) is 0 Å². The smallest absolute Gasteiger partial charge is 0.191 e. The number of ether oxygens (including phenoxy) is 2. The van der Waals surface area contributed by atoms with Crippen LogP contribution in [0.5, 0.6) is 11.5 Å². The Morgan fingerprint density at radius 3 is 2.92 bits per heavy atom. The van der Waals surface area contributed by atoms with Gasteiger partial charge in [0, 0.05) is 18.3 Å². The van der Waals surface area contributed by atoms with E-state index in [1.54, 1.807) is 0 Å². The van der Waals surface area contributed by atoms with Crippen LogP contribution < -0.4 is 20.1 Å². The highest BCUT2D eigenvalue weighted by atomic mass is 127. The van der Waals surface area contributed by atoms with Gasteiger partial charge in [0.25, 0.3) is 0 Å². The van der Waals surface area contributed by atoms with Gasteiger partial charge in [-0.25, -0.2) is 4.99 Å². The molecule has 2 aliphatic heterocycles. The molecule has 5 nitrogen and oxygen atoms in total. The fraction of sp³-hybridized carbons (Fsp3) is 0.588. The molecule has 0 saturated carbocycles. The van der Waals surface area contributed by atoms with E-state index in [4.69, 9.17) is 21.1 Å². The number of halogens is 2. The lowest BCUT2D eigenvalue weighted by Gasteiger charge is -2.20. The van der Waals surface area contributed by atoms with E-state index in [1.807, 2.05) is 23.9 Å². The molecule has 1 aromatic carbocycles. The average molecular weight is 498 g/mol. The van der Waals surface area contributed by atoms with Crippen LogP contribution in [0.2, 0.25) is 5.02 Å². The van der Waals surface area contributed by atoms with Gasteiger partial charge >= 0.3 is 0 Å². The Labute approximate surface area is 175 Å². The van der Waals surface area contributed by atoms with E-state index in [1.165, 1.54) is 18.6 Å².